The number of thioether (sulfide) groups is 1. The number of benzene rings is 2. The first-order valence-electron chi connectivity index (χ1n) is 6.36. The van der Waals surface area contributed by atoms with Gasteiger partial charge in [-0.15, -0.1) is 0 Å². The van der Waals surface area contributed by atoms with Gasteiger partial charge in [0.15, 0.2) is 0 Å². The second kappa shape index (κ2) is 5.66. The molecule has 0 aliphatic carbocycles. The van der Waals surface area contributed by atoms with E-state index in [0.717, 1.165) is 16.2 Å². The molecule has 0 N–H and O–H groups in total. The Morgan fingerprint density at radius 3 is 2.76 bits per heavy atom. The van der Waals surface area contributed by atoms with Gasteiger partial charge in [0.1, 0.15) is 23.1 Å². The molecule has 0 radical (unpaired) electrons. The lowest BCUT2D eigenvalue weighted by Crippen LogP contribution is -2.01. The smallest absolute Gasteiger partial charge is 0.137 e. The molecule has 3 rings (SSSR count). The van der Waals surface area contributed by atoms with Gasteiger partial charge in [0.2, 0.25) is 0 Å². The van der Waals surface area contributed by atoms with E-state index in [4.69, 9.17) is 9.47 Å². The van der Waals surface area contributed by atoms with Crippen LogP contribution in [-0.2, 0) is 0 Å². The lowest BCUT2D eigenvalue weighted by Gasteiger charge is -2.20. The van der Waals surface area contributed by atoms with Crippen molar-refractivity contribution < 1.29 is 13.9 Å². The van der Waals surface area contributed by atoms with Crippen LogP contribution in [0.3, 0.4) is 0 Å². The maximum absolute atomic E-state index is 13.8. The van der Waals surface area contributed by atoms with Crippen molar-refractivity contribution in [1.82, 2.24) is 0 Å². The van der Waals surface area contributed by atoms with Crippen LogP contribution in [0.5, 0.6) is 11.5 Å². The van der Waals surface area contributed by atoms with E-state index in [1.165, 1.54) is 17.8 Å². The second-order valence-electron chi connectivity index (χ2n) is 4.47. The van der Waals surface area contributed by atoms with Crippen molar-refractivity contribution in [2.75, 3.05) is 7.11 Å². The predicted octanol–water partition coefficient (Wildman–Crippen LogP) is 4.87. The van der Waals surface area contributed by atoms with E-state index in [0.29, 0.717) is 16.4 Å². The fourth-order valence-corrected chi connectivity index (χ4v) is 3.05. The van der Waals surface area contributed by atoms with Gasteiger partial charge in [0, 0.05) is 15.4 Å². The molecule has 0 aromatic heterocycles. The van der Waals surface area contributed by atoms with Crippen LogP contribution < -0.4 is 9.47 Å². The van der Waals surface area contributed by atoms with Crippen molar-refractivity contribution in [3.8, 4) is 11.5 Å². The Morgan fingerprint density at radius 2 is 2.00 bits per heavy atom. The molecule has 0 unspecified atom stereocenters. The predicted molar refractivity (Wildman–Crippen MR) is 83.0 cm³/mol. The number of halogens is 1. The Kier molecular flexibility index (Phi) is 3.71. The van der Waals surface area contributed by atoms with E-state index in [1.54, 1.807) is 25.3 Å². The van der Waals surface area contributed by atoms with Gasteiger partial charge in [-0.1, -0.05) is 30.5 Å². The van der Waals surface area contributed by atoms with Crippen LogP contribution in [0.15, 0.2) is 65.8 Å². The highest BCUT2D eigenvalue weighted by molar-refractivity contribution is 8.08. The number of hydrogen-bond acceptors (Lipinski definition) is 3. The van der Waals surface area contributed by atoms with E-state index >= 15 is 0 Å². The van der Waals surface area contributed by atoms with Crippen LogP contribution in [0.4, 0.5) is 4.39 Å². The van der Waals surface area contributed by atoms with Gasteiger partial charge in [0.05, 0.1) is 7.11 Å². The number of methoxy groups -OCH3 is 1. The highest BCUT2D eigenvalue weighted by atomic mass is 32.2. The molecule has 2 aromatic carbocycles. The fraction of sp³-hybridized carbons (Fsp3) is 0.0588. The van der Waals surface area contributed by atoms with Gasteiger partial charge in [-0.25, -0.2) is 4.39 Å². The molecule has 1 aliphatic heterocycles. The molecule has 0 amide bonds. The van der Waals surface area contributed by atoms with Crippen molar-refractivity contribution in [3.63, 3.8) is 0 Å². The van der Waals surface area contributed by atoms with Crippen LogP contribution in [0, 0.1) is 5.82 Å². The maximum Gasteiger partial charge on any atom is 0.137 e. The monoisotopic (exact) mass is 300 g/mol. The minimum Gasteiger partial charge on any atom is -0.497 e. The third kappa shape index (κ3) is 2.81. The molecule has 106 valence electrons. The lowest BCUT2D eigenvalue weighted by atomic mass is 10.1. The molecule has 0 saturated heterocycles. The van der Waals surface area contributed by atoms with E-state index in [-0.39, 0.29) is 5.82 Å². The number of allylic oxidation sites excluding steroid dienone is 1. The molecule has 2 nitrogen and oxygen atoms in total. The number of fused-ring (bicyclic) bond motifs is 1. The Labute approximate surface area is 126 Å². The Morgan fingerprint density at radius 1 is 1.19 bits per heavy atom. The van der Waals surface area contributed by atoms with E-state index in [1.807, 2.05) is 24.3 Å². The molecule has 0 spiro atoms. The van der Waals surface area contributed by atoms with Crippen molar-refractivity contribution in [2.45, 2.75) is 4.90 Å². The third-order valence-corrected chi connectivity index (χ3v) is 4.15. The standard InChI is InChI=1S/C17H13FO2S/c1-11-9-17(21-16-6-4-3-5-14(16)18)13-10-12(19-2)7-8-15(13)20-11/h3-10H,1H2,2H3. The molecule has 2 aromatic rings. The molecule has 0 fully saturated rings. The molecule has 1 heterocycles. The van der Waals surface area contributed by atoms with E-state index < -0.39 is 0 Å². The zero-order chi connectivity index (χ0) is 14.8. The third-order valence-electron chi connectivity index (χ3n) is 3.04. The molecule has 0 bridgehead atoms. The first kappa shape index (κ1) is 13.8. The van der Waals surface area contributed by atoms with Gasteiger partial charge in [-0.2, -0.15) is 0 Å². The minimum absolute atomic E-state index is 0.245. The molecule has 1 aliphatic rings. The summed E-state index contributed by atoms with van der Waals surface area (Å²) >= 11 is 1.35. The first-order valence-corrected chi connectivity index (χ1v) is 7.18. The summed E-state index contributed by atoms with van der Waals surface area (Å²) in [6.07, 6.45) is 1.80. The van der Waals surface area contributed by atoms with Crippen molar-refractivity contribution in [3.05, 3.63) is 72.3 Å². The van der Waals surface area contributed by atoms with E-state index in [9.17, 15) is 4.39 Å². The van der Waals surface area contributed by atoms with Crippen LogP contribution in [-0.4, -0.2) is 7.11 Å². The van der Waals surface area contributed by atoms with E-state index in [2.05, 4.69) is 6.58 Å². The normalized spacial score (nSPS) is 13.2. The molecular formula is C17H13FO2S. The summed E-state index contributed by atoms with van der Waals surface area (Å²) in [6.45, 7) is 3.83. The summed E-state index contributed by atoms with van der Waals surface area (Å²) in [7, 11) is 1.61. The fourth-order valence-electron chi connectivity index (χ4n) is 2.04. The SMILES string of the molecule is C=C1C=C(Sc2ccccc2F)c2cc(OC)ccc2O1. The summed E-state index contributed by atoms with van der Waals surface area (Å²) in [5.74, 6) is 1.71. The molecular weight excluding hydrogens is 287 g/mol. The summed E-state index contributed by atoms with van der Waals surface area (Å²) in [4.78, 5) is 1.44. The summed E-state index contributed by atoms with van der Waals surface area (Å²) in [5.41, 5.74) is 0.870. The maximum atomic E-state index is 13.8. The van der Waals surface area contributed by atoms with Gasteiger partial charge >= 0.3 is 0 Å². The zero-order valence-corrected chi connectivity index (χ0v) is 12.2. The van der Waals surface area contributed by atoms with Gasteiger partial charge < -0.3 is 9.47 Å². The average molecular weight is 300 g/mol. The Hall–Kier alpha value is -2.20. The topological polar surface area (TPSA) is 18.5 Å². The van der Waals surface area contributed by atoms with Crippen LogP contribution in [0.2, 0.25) is 0 Å². The molecule has 4 heteroatoms. The number of ether oxygens (including phenoxy) is 2. The summed E-state index contributed by atoms with van der Waals surface area (Å²) in [6, 6.07) is 12.2. The van der Waals surface area contributed by atoms with Crippen molar-refractivity contribution >= 4 is 16.7 Å². The second-order valence-corrected chi connectivity index (χ2v) is 5.56. The molecule has 0 saturated carbocycles. The highest BCUT2D eigenvalue weighted by Crippen LogP contribution is 2.44. The van der Waals surface area contributed by atoms with Gasteiger partial charge in [-0.3, -0.25) is 0 Å². The molecule has 21 heavy (non-hydrogen) atoms. The summed E-state index contributed by atoms with van der Waals surface area (Å²) in [5, 5.41) is 0. The number of rotatable bonds is 3. The Balaban J connectivity index is 2.02. The van der Waals surface area contributed by atoms with Crippen molar-refractivity contribution in [1.29, 1.82) is 0 Å². The largest absolute Gasteiger partial charge is 0.497 e. The molecule has 0 atom stereocenters. The van der Waals surface area contributed by atoms with Crippen LogP contribution >= 0.6 is 11.8 Å². The Bertz CT molecular complexity index is 737. The average Bonchev–Trinajstić information content (AvgIpc) is 2.49. The van der Waals surface area contributed by atoms with Crippen LogP contribution in [0.25, 0.3) is 4.91 Å². The summed E-state index contributed by atoms with van der Waals surface area (Å²) < 4.78 is 24.7. The lowest BCUT2D eigenvalue weighted by molar-refractivity contribution is 0.409. The number of hydrogen-bond donors (Lipinski definition) is 0. The minimum atomic E-state index is -0.245. The highest BCUT2D eigenvalue weighted by Gasteiger charge is 2.19. The zero-order valence-electron chi connectivity index (χ0n) is 11.4. The van der Waals surface area contributed by atoms with Crippen molar-refractivity contribution in [2.24, 2.45) is 0 Å². The first-order chi connectivity index (χ1) is 10.2. The van der Waals surface area contributed by atoms with Gasteiger partial charge in [-0.05, 0) is 36.4 Å². The van der Waals surface area contributed by atoms with Gasteiger partial charge in [0.25, 0.3) is 0 Å². The quantitative estimate of drug-likeness (QED) is 0.805. The van der Waals surface area contributed by atoms with Crippen LogP contribution in [0.1, 0.15) is 5.56 Å².